The van der Waals surface area contributed by atoms with Crippen molar-refractivity contribution in [2.45, 2.75) is 18.9 Å². The number of carbonyl (C=O) groups excluding carboxylic acids is 2. The maximum absolute atomic E-state index is 12.9. The highest BCUT2D eigenvalue weighted by Gasteiger charge is 2.25. The molecule has 2 heterocycles. The van der Waals surface area contributed by atoms with Crippen LogP contribution in [-0.4, -0.2) is 65.2 Å². The van der Waals surface area contributed by atoms with Gasteiger partial charge in [-0.3, -0.25) is 9.48 Å². The van der Waals surface area contributed by atoms with Gasteiger partial charge in [0, 0.05) is 43.0 Å². The molecule has 1 aromatic heterocycles. The molecule has 0 radical (unpaired) electrons. The second-order valence-electron chi connectivity index (χ2n) is 8.09. The molecule has 0 bridgehead atoms. The molecule has 3 amide bonds. The third kappa shape index (κ3) is 5.28. The number of piperidine rings is 1. The maximum atomic E-state index is 12.9. The van der Waals surface area contributed by atoms with Crippen molar-refractivity contribution in [2.75, 3.05) is 32.6 Å². The Balaban J connectivity index is 1.29. The smallest absolute Gasteiger partial charge is 0.319 e. The number of benzene rings is 2. The van der Waals surface area contributed by atoms with E-state index in [1.54, 1.807) is 49.0 Å². The van der Waals surface area contributed by atoms with E-state index < -0.39 is 0 Å². The number of rotatable bonds is 6. The molecule has 1 aliphatic rings. The zero-order valence-electron chi connectivity index (χ0n) is 19.4. The van der Waals surface area contributed by atoms with E-state index in [9.17, 15) is 9.59 Å². The second-order valence-corrected chi connectivity index (χ2v) is 8.09. The van der Waals surface area contributed by atoms with Gasteiger partial charge in [0.25, 0.3) is 5.91 Å². The Bertz CT molecular complexity index is 1170. The van der Waals surface area contributed by atoms with Gasteiger partial charge in [0.1, 0.15) is 5.69 Å². The standard InChI is InChI=1S/C24H28N6O4/c1-29-15-20(27-28-29)16-5-4-6-19(13-16)26-24(32)25-18-9-11-30(12-10-18)23(31)17-7-8-21(33-2)22(14-17)34-3/h4-8,13-15,18H,9-12H2,1-3H3,(H2,25,26,32). The number of nitrogens with one attached hydrogen (secondary N) is 2. The monoisotopic (exact) mass is 464 g/mol. The number of likely N-dealkylation sites (tertiary alicyclic amines) is 1. The molecule has 2 aromatic carbocycles. The van der Waals surface area contributed by atoms with Crippen LogP contribution < -0.4 is 20.1 Å². The van der Waals surface area contributed by atoms with E-state index >= 15 is 0 Å². The molecule has 1 saturated heterocycles. The first-order valence-corrected chi connectivity index (χ1v) is 11.0. The molecule has 0 aliphatic carbocycles. The molecule has 0 spiro atoms. The van der Waals surface area contributed by atoms with Crippen molar-refractivity contribution in [3.05, 3.63) is 54.2 Å². The molecule has 10 nitrogen and oxygen atoms in total. The number of methoxy groups -OCH3 is 2. The van der Waals surface area contributed by atoms with E-state index in [4.69, 9.17) is 9.47 Å². The summed E-state index contributed by atoms with van der Waals surface area (Å²) >= 11 is 0. The van der Waals surface area contributed by atoms with E-state index in [1.807, 2.05) is 30.5 Å². The molecule has 0 atom stereocenters. The number of aryl methyl sites for hydroxylation is 1. The molecule has 1 fully saturated rings. The van der Waals surface area contributed by atoms with E-state index in [-0.39, 0.29) is 18.0 Å². The van der Waals surface area contributed by atoms with E-state index in [0.29, 0.717) is 48.7 Å². The van der Waals surface area contributed by atoms with Crippen LogP contribution in [0, 0.1) is 0 Å². The lowest BCUT2D eigenvalue weighted by Gasteiger charge is -2.32. The summed E-state index contributed by atoms with van der Waals surface area (Å²) < 4.78 is 12.2. The highest BCUT2D eigenvalue weighted by atomic mass is 16.5. The number of hydrogen-bond acceptors (Lipinski definition) is 6. The number of carbonyl (C=O) groups is 2. The summed E-state index contributed by atoms with van der Waals surface area (Å²) in [5, 5.41) is 13.9. The SMILES string of the molecule is COc1ccc(C(=O)N2CCC(NC(=O)Nc3cccc(-c4cn(C)nn4)c3)CC2)cc1OC. The van der Waals surface area contributed by atoms with Gasteiger partial charge in [-0.05, 0) is 43.2 Å². The fraction of sp³-hybridized carbons (Fsp3) is 0.333. The van der Waals surface area contributed by atoms with Crippen LogP contribution in [0.15, 0.2) is 48.7 Å². The zero-order valence-corrected chi connectivity index (χ0v) is 19.4. The first-order valence-electron chi connectivity index (χ1n) is 11.0. The normalized spacial score (nSPS) is 13.9. The molecule has 1 aliphatic heterocycles. The first kappa shape index (κ1) is 23.1. The molecule has 4 rings (SSSR count). The molecule has 0 saturated carbocycles. The van der Waals surface area contributed by atoms with Crippen LogP contribution in [0.5, 0.6) is 11.5 Å². The van der Waals surface area contributed by atoms with Crippen LogP contribution in [0.2, 0.25) is 0 Å². The Morgan fingerprint density at radius 1 is 1.03 bits per heavy atom. The summed E-state index contributed by atoms with van der Waals surface area (Å²) in [5.74, 6) is 1.03. The topological polar surface area (TPSA) is 111 Å². The van der Waals surface area contributed by atoms with Crippen LogP contribution in [-0.2, 0) is 7.05 Å². The van der Waals surface area contributed by atoms with Crippen LogP contribution >= 0.6 is 0 Å². The Morgan fingerprint density at radius 3 is 2.47 bits per heavy atom. The predicted octanol–water partition coefficient (Wildman–Crippen LogP) is 2.93. The van der Waals surface area contributed by atoms with Crippen LogP contribution in [0.4, 0.5) is 10.5 Å². The van der Waals surface area contributed by atoms with E-state index in [2.05, 4.69) is 20.9 Å². The molecule has 3 aromatic rings. The number of aromatic nitrogens is 3. The summed E-state index contributed by atoms with van der Waals surface area (Å²) in [6.07, 6.45) is 3.16. The third-order valence-corrected chi connectivity index (χ3v) is 5.77. The van der Waals surface area contributed by atoms with Gasteiger partial charge in [0.15, 0.2) is 11.5 Å². The summed E-state index contributed by atoms with van der Waals surface area (Å²) in [5.41, 5.74) is 2.82. The average molecular weight is 465 g/mol. The van der Waals surface area contributed by atoms with Gasteiger partial charge < -0.3 is 25.0 Å². The number of nitrogens with zero attached hydrogens (tertiary/aromatic N) is 4. The van der Waals surface area contributed by atoms with Gasteiger partial charge in [-0.25, -0.2) is 4.79 Å². The molecule has 2 N–H and O–H groups in total. The molecule has 34 heavy (non-hydrogen) atoms. The van der Waals surface area contributed by atoms with Crippen molar-refractivity contribution >= 4 is 17.6 Å². The highest BCUT2D eigenvalue weighted by Crippen LogP contribution is 2.28. The quantitative estimate of drug-likeness (QED) is 0.580. The third-order valence-electron chi connectivity index (χ3n) is 5.77. The van der Waals surface area contributed by atoms with Crippen molar-refractivity contribution in [3.63, 3.8) is 0 Å². The van der Waals surface area contributed by atoms with Crippen LogP contribution in [0.25, 0.3) is 11.3 Å². The van der Waals surface area contributed by atoms with Crippen LogP contribution in [0.3, 0.4) is 0 Å². The fourth-order valence-corrected chi connectivity index (χ4v) is 3.97. The highest BCUT2D eigenvalue weighted by molar-refractivity contribution is 5.95. The van der Waals surface area contributed by atoms with Gasteiger partial charge in [0.05, 0.1) is 20.4 Å². The lowest BCUT2D eigenvalue weighted by atomic mass is 10.0. The molecular weight excluding hydrogens is 436 g/mol. The predicted molar refractivity (Wildman–Crippen MR) is 127 cm³/mol. The van der Waals surface area contributed by atoms with Crippen LogP contribution in [0.1, 0.15) is 23.2 Å². The zero-order chi connectivity index (χ0) is 24.1. The molecular formula is C24H28N6O4. The van der Waals surface area contributed by atoms with Crippen molar-refractivity contribution in [3.8, 4) is 22.8 Å². The fourth-order valence-electron chi connectivity index (χ4n) is 3.97. The van der Waals surface area contributed by atoms with Gasteiger partial charge in [-0.1, -0.05) is 17.3 Å². The lowest BCUT2D eigenvalue weighted by molar-refractivity contribution is 0.0708. The minimum atomic E-state index is -0.277. The number of hydrogen-bond donors (Lipinski definition) is 2. The minimum Gasteiger partial charge on any atom is -0.493 e. The van der Waals surface area contributed by atoms with Gasteiger partial charge in [-0.2, -0.15) is 0 Å². The second kappa shape index (κ2) is 10.2. The molecule has 178 valence electrons. The van der Waals surface area contributed by atoms with Crippen molar-refractivity contribution in [2.24, 2.45) is 7.05 Å². The van der Waals surface area contributed by atoms with Crippen molar-refractivity contribution < 1.29 is 19.1 Å². The Morgan fingerprint density at radius 2 is 1.79 bits per heavy atom. The van der Waals surface area contributed by atoms with E-state index in [1.165, 1.54) is 0 Å². The van der Waals surface area contributed by atoms with Crippen molar-refractivity contribution in [1.82, 2.24) is 25.2 Å². The lowest BCUT2D eigenvalue weighted by Crippen LogP contribution is -2.47. The summed E-state index contributed by atoms with van der Waals surface area (Å²) in [4.78, 5) is 27.2. The summed E-state index contributed by atoms with van der Waals surface area (Å²) in [6.45, 7) is 1.11. The van der Waals surface area contributed by atoms with E-state index in [0.717, 1.165) is 11.3 Å². The number of urea groups is 1. The van der Waals surface area contributed by atoms with Gasteiger partial charge >= 0.3 is 6.03 Å². The number of ether oxygens (including phenoxy) is 2. The average Bonchev–Trinajstić information content (AvgIpc) is 3.30. The Kier molecular flexibility index (Phi) is 6.95. The number of anilines is 1. The number of amides is 3. The van der Waals surface area contributed by atoms with Gasteiger partial charge in [0.2, 0.25) is 0 Å². The molecule has 0 unspecified atom stereocenters. The van der Waals surface area contributed by atoms with Gasteiger partial charge in [-0.15, -0.1) is 5.10 Å². The first-order chi connectivity index (χ1) is 16.5. The Labute approximate surface area is 197 Å². The summed E-state index contributed by atoms with van der Waals surface area (Å²) in [7, 11) is 4.90. The minimum absolute atomic E-state index is 0.0161. The van der Waals surface area contributed by atoms with Crippen molar-refractivity contribution in [1.29, 1.82) is 0 Å². The maximum Gasteiger partial charge on any atom is 0.319 e. The largest absolute Gasteiger partial charge is 0.493 e. The summed E-state index contributed by atoms with van der Waals surface area (Å²) in [6, 6.07) is 12.3. The Hall–Kier alpha value is -4.08. The molecule has 10 heteroatoms.